The van der Waals surface area contributed by atoms with Crippen molar-refractivity contribution in [2.75, 3.05) is 25.9 Å². The Morgan fingerprint density at radius 2 is 2.35 bits per heavy atom. The number of ether oxygens (including phenoxy) is 1. The van der Waals surface area contributed by atoms with E-state index >= 15 is 0 Å². The Balaban J connectivity index is 1.56. The smallest absolute Gasteiger partial charge is 0.208 e. The van der Waals surface area contributed by atoms with Gasteiger partial charge in [-0.25, -0.2) is 18.1 Å². The van der Waals surface area contributed by atoms with Gasteiger partial charge in [-0.3, -0.25) is 4.90 Å². The lowest BCUT2D eigenvalue weighted by atomic mass is 9.90. The zero-order valence-electron chi connectivity index (χ0n) is 13.7. The zero-order chi connectivity index (χ0) is 16.5. The average Bonchev–Trinajstić information content (AvgIpc) is 3.04. The summed E-state index contributed by atoms with van der Waals surface area (Å²) in [5.41, 5.74) is 2.93. The summed E-state index contributed by atoms with van der Waals surface area (Å²) in [5.74, 6) is 0. The van der Waals surface area contributed by atoms with Gasteiger partial charge in [0.15, 0.2) is 0 Å². The second-order valence-electron chi connectivity index (χ2n) is 6.76. The predicted molar refractivity (Wildman–Crippen MR) is 91.0 cm³/mol. The molecule has 1 spiro atoms. The highest BCUT2D eigenvalue weighted by molar-refractivity contribution is 7.88. The molecule has 23 heavy (non-hydrogen) atoms. The highest BCUT2D eigenvalue weighted by Crippen LogP contribution is 2.37. The minimum atomic E-state index is -3.15. The molecule has 0 saturated carbocycles. The predicted octanol–water partition coefficient (Wildman–Crippen LogP) is 1.51. The van der Waals surface area contributed by atoms with Gasteiger partial charge in [-0.1, -0.05) is 0 Å². The number of sulfonamides is 1. The van der Waals surface area contributed by atoms with Crippen molar-refractivity contribution >= 4 is 21.4 Å². The Bertz CT molecular complexity index is 646. The van der Waals surface area contributed by atoms with Crippen molar-refractivity contribution in [3.63, 3.8) is 0 Å². The summed E-state index contributed by atoms with van der Waals surface area (Å²) in [4.78, 5) is 8.08. The molecule has 0 radical (unpaired) electrons. The fourth-order valence-corrected chi connectivity index (χ4v) is 4.86. The average molecular weight is 360 g/mol. The molecule has 0 bridgehead atoms. The Hall–Kier alpha value is -0.540. The van der Waals surface area contributed by atoms with E-state index < -0.39 is 10.0 Å². The molecule has 0 unspecified atom stereocenters. The van der Waals surface area contributed by atoms with E-state index in [0.717, 1.165) is 51.0 Å². The molecule has 2 aliphatic heterocycles. The number of likely N-dealkylation sites (tertiary alicyclic amines) is 1. The lowest BCUT2D eigenvalue weighted by Gasteiger charge is -2.38. The summed E-state index contributed by atoms with van der Waals surface area (Å²) in [6.07, 6.45) is 5.31. The topological polar surface area (TPSA) is 71.5 Å². The van der Waals surface area contributed by atoms with Crippen LogP contribution in [0.1, 0.15) is 36.3 Å². The van der Waals surface area contributed by atoms with Crippen LogP contribution in [0.15, 0.2) is 5.51 Å². The number of thiazole rings is 1. The van der Waals surface area contributed by atoms with Gasteiger partial charge in [-0.05, 0) is 32.6 Å². The van der Waals surface area contributed by atoms with Crippen LogP contribution in [-0.2, 0) is 21.3 Å². The second kappa shape index (κ2) is 6.76. The van der Waals surface area contributed by atoms with Gasteiger partial charge < -0.3 is 4.74 Å². The van der Waals surface area contributed by atoms with Gasteiger partial charge in [0.1, 0.15) is 0 Å². The standard InChI is InChI=1S/C15H25N3O3S2/c1-12-14(22-11-16-12)9-18-7-6-15(10-18)5-3-4-13(21-15)8-17-23(2,19)20/h11,13,17H,3-10H2,1-2H3/t13-,15+/m0/s1. The molecule has 3 rings (SSSR count). The van der Waals surface area contributed by atoms with Gasteiger partial charge in [0, 0.05) is 31.1 Å². The van der Waals surface area contributed by atoms with E-state index in [1.807, 2.05) is 5.51 Å². The quantitative estimate of drug-likeness (QED) is 0.863. The van der Waals surface area contributed by atoms with E-state index in [0.29, 0.717) is 6.54 Å². The molecule has 0 aliphatic carbocycles. The summed E-state index contributed by atoms with van der Waals surface area (Å²) in [5, 5.41) is 0. The van der Waals surface area contributed by atoms with Crippen molar-refractivity contribution in [2.45, 2.75) is 50.9 Å². The molecule has 2 saturated heterocycles. The molecular weight excluding hydrogens is 334 g/mol. The third-order valence-electron chi connectivity index (χ3n) is 4.76. The normalized spacial score (nSPS) is 29.4. The Morgan fingerprint density at radius 1 is 1.52 bits per heavy atom. The first kappa shape index (κ1) is 17.3. The van der Waals surface area contributed by atoms with Crippen molar-refractivity contribution in [2.24, 2.45) is 0 Å². The molecule has 1 aromatic rings. The fourth-order valence-electron chi connectivity index (χ4n) is 3.56. The van der Waals surface area contributed by atoms with Crippen LogP contribution < -0.4 is 4.72 Å². The maximum Gasteiger partial charge on any atom is 0.208 e. The fraction of sp³-hybridized carbons (Fsp3) is 0.800. The Labute approximate surface area is 142 Å². The second-order valence-corrected chi connectivity index (χ2v) is 9.53. The van der Waals surface area contributed by atoms with Crippen LogP contribution in [0.25, 0.3) is 0 Å². The van der Waals surface area contributed by atoms with E-state index in [2.05, 4.69) is 21.5 Å². The summed E-state index contributed by atoms with van der Waals surface area (Å²) in [7, 11) is -3.15. The Morgan fingerprint density at radius 3 is 3.04 bits per heavy atom. The number of hydrogen-bond donors (Lipinski definition) is 1. The summed E-state index contributed by atoms with van der Waals surface area (Å²) in [6.45, 7) is 5.34. The van der Waals surface area contributed by atoms with Crippen molar-refractivity contribution in [1.82, 2.24) is 14.6 Å². The minimum absolute atomic E-state index is 0.0106. The first-order valence-electron chi connectivity index (χ1n) is 8.09. The molecule has 2 atom stereocenters. The van der Waals surface area contributed by atoms with Crippen LogP contribution in [0.2, 0.25) is 0 Å². The third kappa shape index (κ3) is 4.51. The molecule has 2 aliphatic rings. The van der Waals surface area contributed by atoms with Gasteiger partial charge in [-0.15, -0.1) is 11.3 Å². The SMILES string of the molecule is Cc1ncsc1CN1CC[C@]2(CCC[C@@H](CNS(C)(=O)=O)O2)C1. The van der Waals surface area contributed by atoms with E-state index in [4.69, 9.17) is 4.74 Å². The lowest BCUT2D eigenvalue weighted by Crippen LogP contribution is -2.46. The largest absolute Gasteiger partial charge is 0.369 e. The molecule has 3 heterocycles. The summed E-state index contributed by atoms with van der Waals surface area (Å²) in [6, 6.07) is 0. The number of aromatic nitrogens is 1. The van der Waals surface area contributed by atoms with Crippen LogP contribution in [0.3, 0.4) is 0 Å². The molecule has 130 valence electrons. The number of aryl methyl sites for hydroxylation is 1. The maximum atomic E-state index is 11.3. The first-order chi connectivity index (χ1) is 10.9. The highest BCUT2D eigenvalue weighted by Gasteiger charge is 2.43. The monoisotopic (exact) mass is 359 g/mol. The van der Waals surface area contributed by atoms with E-state index in [9.17, 15) is 8.42 Å². The van der Waals surface area contributed by atoms with Crippen molar-refractivity contribution < 1.29 is 13.2 Å². The Kier molecular flexibility index (Phi) is 5.08. The van der Waals surface area contributed by atoms with Crippen molar-refractivity contribution in [1.29, 1.82) is 0 Å². The van der Waals surface area contributed by atoms with Crippen LogP contribution in [0, 0.1) is 6.92 Å². The summed E-state index contributed by atoms with van der Waals surface area (Å²) >= 11 is 1.71. The first-order valence-corrected chi connectivity index (χ1v) is 10.9. The minimum Gasteiger partial charge on any atom is -0.369 e. The van der Waals surface area contributed by atoms with Gasteiger partial charge in [0.05, 0.1) is 29.2 Å². The number of hydrogen-bond acceptors (Lipinski definition) is 6. The highest BCUT2D eigenvalue weighted by atomic mass is 32.2. The van der Waals surface area contributed by atoms with Gasteiger partial charge >= 0.3 is 0 Å². The van der Waals surface area contributed by atoms with E-state index in [1.54, 1.807) is 11.3 Å². The molecule has 0 amide bonds. The van der Waals surface area contributed by atoms with E-state index in [1.165, 1.54) is 11.1 Å². The lowest BCUT2D eigenvalue weighted by molar-refractivity contribution is -0.118. The number of nitrogens with one attached hydrogen (secondary N) is 1. The number of rotatable bonds is 5. The molecule has 8 heteroatoms. The third-order valence-corrected chi connectivity index (χ3v) is 6.37. The van der Waals surface area contributed by atoms with Gasteiger partial charge in [-0.2, -0.15) is 0 Å². The summed E-state index contributed by atoms with van der Waals surface area (Å²) < 4.78 is 31.4. The van der Waals surface area contributed by atoms with Crippen LogP contribution in [0.5, 0.6) is 0 Å². The van der Waals surface area contributed by atoms with E-state index in [-0.39, 0.29) is 11.7 Å². The van der Waals surface area contributed by atoms with Crippen LogP contribution in [-0.4, -0.2) is 55.9 Å². The van der Waals surface area contributed by atoms with Gasteiger partial charge in [0.2, 0.25) is 10.0 Å². The number of nitrogens with zero attached hydrogens (tertiary/aromatic N) is 2. The molecule has 1 aromatic heterocycles. The van der Waals surface area contributed by atoms with Crippen molar-refractivity contribution in [3.8, 4) is 0 Å². The van der Waals surface area contributed by atoms with Crippen molar-refractivity contribution in [3.05, 3.63) is 16.1 Å². The maximum absolute atomic E-state index is 11.3. The molecule has 6 nitrogen and oxygen atoms in total. The van der Waals surface area contributed by atoms with Crippen LogP contribution in [0.4, 0.5) is 0 Å². The van der Waals surface area contributed by atoms with Crippen LogP contribution >= 0.6 is 11.3 Å². The molecule has 0 aromatic carbocycles. The molecular formula is C15H25N3O3S2. The molecule has 1 N–H and O–H groups in total. The molecule has 2 fully saturated rings. The zero-order valence-corrected chi connectivity index (χ0v) is 15.4. The van der Waals surface area contributed by atoms with Gasteiger partial charge in [0.25, 0.3) is 0 Å².